The second-order valence-corrected chi connectivity index (χ2v) is 3.17. The lowest BCUT2D eigenvalue weighted by atomic mass is 10.3. The third kappa shape index (κ3) is 2.82. The van der Waals surface area contributed by atoms with Gasteiger partial charge in [-0.1, -0.05) is 0 Å². The van der Waals surface area contributed by atoms with E-state index in [2.05, 4.69) is 18.8 Å². The molecule has 0 aliphatic heterocycles. The van der Waals surface area contributed by atoms with Gasteiger partial charge in [0.25, 0.3) is 0 Å². The highest BCUT2D eigenvalue weighted by atomic mass is 14.9. The van der Waals surface area contributed by atoms with Gasteiger partial charge in [0.1, 0.15) is 7.05 Å². The van der Waals surface area contributed by atoms with E-state index in [1.165, 1.54) is 0 Å². The van der Waals surface area contributed by atoms with Crippen molar-refractivity contribution in [3.05, 3.63) is 30.1 Å². The van der Waals surface area contributed by atoms with Crippen LogP contribution in [0.4, 0.5) is 0 Å². The number of rotatable bonds is 2. The van der Waals surface area contributed by atoms with Crippen LogP contribution in [0.3, 0.4) is 0 Å². The fourth-order valence-electron chi connectivity index (χ4n) is 0.834. The number of hydrogen-bond donors (Lipinski definition) is 0. The normalized spacial score (nSPS) is 11.3. The third-order valence-electron chi connectivity index (χ3n) is 1.53. The van der Waals surface area contributed by atoms with Gasteiger partial charge >= 0.3 is 0 Å². The van der Waals surface area contributed by atoms with E-state index in [1.54, 1.807) is 0 Å². The van der Waals surface area contributed by atoms with Gasteiger partial charge in [0.05, 0.1) is 0 Å². The van der Waals surface area contributed by atoms with E-state index in [4.69, 9.17) is 0 Å². The van der Waals surface area contributed by atoms with Crippen LogP contribution in [0, 0.1) is 0 Å². The Bertz CT molecular complexity index is 260. The molecule has 0 bridgehead atoms. The van der Waals surface area contributed by atoms with Crippen molar-refractivity contribution in [1.29, 1.82) is 0 Å². The van der Waals surface area contributed by atoms with Gasteiger partial charge in [0, 0.05) is 30.0 Å². The largest absolute Gasteiger partial charge is 0.290 e. The van der Waals surface area contributed by atoms with Crippen LogP contribution in [0.2, 0.25) is 0 Å². The molecule has 0 unspecified atom stereocenters. The van der Waals surface area contributed by atoms with Gasteiger partial charge in [-0.05, 0) is 13.8 Å². The molecular weight excluding hydrogens is 148 g/mol. The van der Waals surface area contributed by atoms with Crippen molar-refractivity contribution in [3.8, 4) is 0 Å². The van der Waals surface area contributed by atoms with E-state index >= 15 is 0 Å². The molecule has 12 heavy (non-hydrogen) atoms. The lowest BCUT2D eigenvalue weighted by Crippen LogP contribution is -2.25. The molecule has 0 N–H and O–H groups in total. The van der Waals surface area contributed by atoms with Crippen LogP contribution in [0.25, 0.3) is 0 Å². The molecule has 0 fully saturated rings. The first-order valence-electron chi connectivity index (χ1n) is 4.17. The zero-order valence-electron chi connectivity index (χ0n) is 7.86. The number of aromatic nitrogens is 1. The first kappa shape index (κ1) is 8.91. The van der Waals surface area contributed by atoms with E-state index in [9.17, 15) is 0 Å². The van der Waals surface area contributed by atoms with Crippen molar-refractivity contribution in [2.45, 2.75) is 19.9 Å². The molecule has 0 aromatic carbocycles. The fourth-order valence-corrected chi connectivity index (χ4v) is 0.834. The van der Waals surface area contributed by atoms with Crippen LogP contribution in [-0.4, -0.2) is 12.3 Å². The summed E-state index contributed by atoms with van der Waals surface area (Å²) in [6, 6.07) is 4.47. The maximum atomic E-state index is 4.29. The molecular formula is C10H15N2+. The molecule has 0 radical (unpaired) electrons. The maximum Gasteiger partial charge on any atom is 0.169 e. The molecule has 64 valence electrons. The number of nitrogens with zero attached hydrogens (tertiary/aromatic N) is 2. The molecule has 0 saturated carbocycles. The summed E-state index contributed by atoms with van der Waals surface area (Å²) in [5, 5.41) is 0. The van der Waals surface area contributed by atoms with Crippen LogP contribution in [0.1, 0.15) is 19.4 Å². The summed E-state index contributed by atoms with van der Waals surface area (Å²) >= 11 is 0. The van der Waals surface area contributed by atoms with Crippen LogP contribution in [-0.2, 0) is 7.05 Å². The average molecular weight is 163 g/mol. The molecule has 0 amide bonds. The van der Waals surface area contributed by atoms with Gasteiger partial charge in [-0.25, -0.2) is 4.57 Å². The zero-order chi connectivity index (χ0) is 8.97. The number of hydrogen-bond acceptors (Lipinski definition) is 1. The monoisotopic (exact) mass is 163 g/mol. The van der Waals surface area contributed by atoms with Crippen molar-refractivity contribution in [2.75, 3.05) is 0 Å². The molecule has 2 nitrogen and oxygen atoms in total. The Kier molecular flexibility index (Phi) is 2.97. The summed E-state index contributed by atoms with van der Waals surface area (Å²) in [4.78, 5) is 4.29. The topological polar surface area (TPSA) is 16.2 Å². The molecule has 0 spiro atoms. The van der Waals surface area contributed by atoms with Crippen molar-refractivity contribution >= 4 is 6.21 Å². The minimum Gasteiger partial charge on any atom is -0.290 e. The fraction of sp³-hybridized carbons (Fsp3) is 0.400. The molecule has 0 saturated heterocycles. The second-order valence-electron chi connectivity index (χ2n) is 3.17. The first-order valence-corrected chi connectivity index (χ1v) is 4.17. The quantitative estimate of drug-likeness (QED) is 0.462. The second kappa shape index (κ2) is 4.00. The zero-order valence-corrected chi connectivity index (χ0v) is 7.86. The molecule has 0 aliphatic rings. The lowest BCUT2D eigenvalue weighted by Gasteiger charge is -1.94. The maximum absolute atomic E-state index is 4.29. The highest BCUT2D eigenvalue weighted by molar-refractivity contribution is 5.79. The third-order valence-corrected chi connectivity index (χ3v) is 1.53. The van der Waals surface area contributed by atoms with Gasteiger partial charge < -0.3 is 0 Å². The number of pyridine rings is 1. The molecule has 1 aromatic heterocycles. The minimum absolute atomic E-state index is 0.374. The summed E-state index contributed by atoms with van der Waals surface area (Å²) in [6.07, 6.45) is 5.94. The Morgan fingerprint density at radius 2 is 1.92 bits per heavy atom. The summed E-state index contributed by atoms with van der Waals surface area (Å²) in [7, 11) is 2.00. The van der Waals surface area contributed by atoms with Gasteiger partial charge in [-0.3, -0.25) is 4.99 Å². The predicted octanol–water partition coefficient (Wildman–Crippen LogP) is 1.34. The summed E-state index contributed by atoms with van der Waals surface area (Å²) in [6.45, 7) is 4.14. The van der Waals surface area contributed by atoms with Crippen LogP contribution < -0.4 is 4.57 Å². The van der Waals surface area contributed by atoms with Crippen LogP contribution in [0.5, 0.6) is 0 Å². The highest BCUT2D eigenvalue weighted by Gasteiger charge is 1.91. The number of aliphatic imine (C=N–C) groups is 1. The van der Waals surface area contributed by atoms with E-state index in [-0.39, 0.29) is 0 Å². The van der Waals surface area contributed by atoms with Crippen LogP contribution >= 0.6 is 0 Å². The number of aryl methyl sites for hydroxylation is 1. The Balaban J connectivity index is 2.71. The van der Waals surface area contributed by atoms with E-state index < -0.39 is 0 Å². The molecule has 0 aliphatic carbocycles. The van der Waals surface area contributed by atoms with Crippen molar-refractivity contribution in [1.82, 2.24) is 0 Å². The van der Waals surface area contributed by atoms with E-state index in [0.717, 1.165) is 5.56 Å². The standard InChI is InChI=1S/C10H15N2/c1-9(2)11-8-10-4-6-12(3)7-5-10/h4-9H,1-3H3/q+1. The average Bonchev–Trinajstić information content (AvgIpc) is 2.03. The van der Waals surface area contributed by atoms with Gasteiger partial charge in [-0.15, -0.1) is 0 Å². The van der Waals surface area contributed by atoms with Crippen molar-refractivity contribution in [2.24, 2.45) is 12.0 Å². The SMILES string of the molecule is CC(C)N=Cc1cc[n+](C)cc1. The Labute approximate surface area is 73.6 Å². The molecule has 1 aromatic rings. The first-order chi connectivity index (χ1) is 5.68. The van der Waals surface area contributed by atoms with Crippen molar-refractivity contribution < 1.29 is 4.57 Å². The van der Waals surface area contributed by atoms with Gasteiger partial charge in [0.15, 0.2) is 12.4 Å². The smallest absolute Gasteiger partial charge is 0.169 e. The van der Waals surface area contributed by atoms with Gasteiger partial charge in [0.2, 0.25) is 0 Å². The molecule has 0 atom stereocenters. The molecule has 1 rings (SSSR count). The van der Waals surface area contributed by atoms with Crippen LogP contribution in [0.15, 0.2) is 29.5 Å². The Morgan fingerprint density at radius 3 is 2.42 bits per heavy atom. The summed E-state index contributed by atoms with van der Waals surface area (Å²) < 4.78 is 2.01. The summed E-state index contributed by atoms with van der Waals surface area (Å²) in [5.41, 5.74) is 1.15. The predicted molar refractivity (Wildman–Crippen MR) is 50.3 cm³/mol. The Hall–Kier alpha value is -1.18. The van der Waals surface area contributed by atoms with E-state index in [0.29, 0.717) is 6.04 Å². The molecule has 1 heterocycles. The highest BCUT2D eigenvalue weighted by Crippen LogP contribution is 1.92. The lowest BCUT2D eigenvalue weighted by molar-refractivity contribution is -0.671. The van der Waals surface area contributed by atoms with Crippen molar-refractivity contribution in [3.63, 3.8) is 0 Å². The van der Waals surface area contributed by atoms with E-state index in [1.807, 2.05) is 42.4 Å². The minimum atomic E-state index is 0.374. The Morgan fingerprint density at radius 1 is 1.33 bits per heavy atom. The summed E-state index contributed by atoms with van der Waals surface area (Å²) in [5.74, 6) is 0. The molecule has 2 heteroatoms. The van der Waals surface area contributed by atoms with Gasteiger partial charge in [-0.2, -0.15) is 0 Å².